The highest BCUT2D eigenvalue weighted by atomic mass is 16.6. The summed E-state index contributed by atoms with van der Waals surface area (Å²) in [6.07, 6.45) is 59.6. The Balaban J connectivity index is 4.51. The zero-order chi connectivity index (χ0) is 42.3. The Morgan fingerprint density at radius 2 is 0.672 bits per heavy atom. The molecule has 0 aromatic rings. The smallest absolute Gasteiger partial charge is 0.306 e. The van der Waals surface area contributed by atoms with Crippen LogP contribution < -0.4 is 0 Å². The Bertz CT molecular complexity index is 1200. The van der Waals surface area contributed by atoms with Gasteiger partial charge in [0.1, 0.15) is 13.2 Å². The third-order valence-corrected chi connectivity index (χ3v) is 9.52. The number of hydrogen-bond donors (Lipinski definition) is 0. The molecule has 0 aliphatic heterocycles. The van der Waals surface area contributed by atoms with Crippen molar-refractivity contribution in [2.24, 2.45) is 0 Å². The lowest BCUT2D eigenvalue weighted by atomic mass is 10.0. The zero-order valence-electron chi connectivity index (χ0n) is 37.3. The quantitative estimate of drug-likeness (QED) is 0.0266. The van der Waals surface area contributed by atoms with Gasteiger partial charge < -0.3 is 14.2 Å². The van der Waals surface area contributed by atoms with Crippen molar-refractivity contribution in [1.82, 2.24) is 0 Å². The Labute approximate surface area is 356 Å². The minimum atomic E-state index is -0.803. The molecule has 6 heteroatoms. The van der Waals surface area contributed by atoms with E-state index in [-0.39, 0.29) is 31.1 Å². The molecule has 328 valence electrons. The van der Waals surface area contributed by atoms with Crippen molar-refractivity contribution in [3.8, 4) is 0 Å². The van der Waals surface area contributed by atoms with E-state index in [0.717, 1.165) is 96.3 Å². The predicted octanol–water partition coefficient (Wildman–Crippen LogP) is 15.0. The molecule has 0 aliphatic carbocycles. The molecule has 0 bridgehead atoms. The number of esters is 3. The molecule has 0 heterocycles. The first-order chi connectivity index (χ1) is 28.5. The van der Waals surface area contributed by atoms with Gasteiger partial charge in [-0.05, 0) is 57.8 Å². The van der Waals surface area contributed by atoms with Gasteiger partial charge in [-0.15, -0.1) is 0 Å². The first kappa shape index (κ1) is 54.3. The first-order valence-electron chi connectivity index (χ1n) is 23.3. The van der Waals surface area contributed by atoms with Gasteiger partial charge in [-0.3, -0.25) is 14.4 Å². The molecule has 0 radical (unpaired) electrons. The van der Waals surface area contributed by atoms with Gasteiger partial charge in [0.25, 0.3) is 0 Å². The van der Waals surface area contributed by atoms with Crippen LogP contribution in [-0.4, -0.2) is 37.2 Å². The van der Waals surface area contributed by atoms with E-state index < -0.39 is 6.10 Å². The summed E-state index contributed by atoms with van der Waals surface area (Å²) in [5.41, 5.74) is 0. The maximum absolute atomic E-state index is 12.7. The van der Waals surface area contributed by atoms with Crippen LogP contribution in [0.2, 0.25) is 0 Å². The molecule has 0 amide bonds. The van der Waals surface area contributed by atoms with Crippen LogP contribution in [0.1, 0.15) is 194 Å². The summed E-state index contributed by atoms with van der Waals surface area (Å²) in [5.74, 6) is -0.972. The fourth-order valence-corrected chi connectivity index (χ4v) is 6.05. The number of ether oxygens (including phenoxy) is 3. The van der Waals surface area contributed by atoms with Gasteiger partial charge in [-0.2, -0.15) is 0 Å². The van der Waals surface area contributed by atoms with Crippen molar-refractivity contribution in [3.05, 3.63) is 97.2 Å². The van der Waals surface area contributed by atoms with Crippen LogP contribution in [0.25, 0.3) is 0 Å². The maximum atomic E-state index is 12.7. The second kappa shape index (κ2) is 46.0. The summed E-state index contributed by atoms with van der Waals surface area (Å²) in [7, 11) is 0. The van der Waals surface area contributed by atoms with Crippen LogP contribution >= 0.6 is 0 Å². The Morgan fingerprint density at radius 1 is 0.362 bits per heavy atom. The van der Waals surface area contributed by atoms with E-state index in [4.69, 9.17) is 14.2 Å². The molecule has 1 unspecified atom stereocenters. The average Bonchev–Trinajstić information content (AvgIpc) is 3.22. The number of hydrogen-bond acceptors (Lipinski definition) is 6. The normalized spacial score (nSPS) is 12.9. The first-order valence-corrected chi connectivity index (χ1v) is 23.3. The van der Waals surface area contributed by atoms with Gasteiger partial charge >= 0.3 is 17.9 Å². The van der Waals surface area contributed by atoms with Crippen molar-refractivity contribution in [3.63, 3.8) is 0 Å². The van der Waals surface area contributed by atoms with E-state index in [1.54, 1.807) is 0 Å². The van der Waals surface area contributed by atoms with Gasteiger partial charge in [0.2, 0.25) is 0 Å². The lowest BCUT2D eigenvalue weighted by Gasteiger charge is -2.18. The highest BCUT2D eigenvalue weighted by Crippen LogP contribution is 2.14. The predicted molar refractivity (Wildman–Crippen MR) is 247 cm³/mol. The monoisotopic (exact) mass is 805 g/mol. The second-order valence-electron chi connectivity index (χ2n) is 15.1. The molecule has 0 N–H and O–H groups in total. The maximum Gasteiger partial charge on any atom is 0.306 e. The molecular formula is C52H84O6. The Morgan fingerprint density at radius 3 is 1.07 bits per heavy atom. The van der Waals surface area contributed by atoms with Gasteiger partial charge in [0.15, 0.2) is 6.10 Å². The van der Waals surface area contributed by atoms with E-state index in [1.807, 2.05) is 54.7 Å². The van der Waals surface area contributed by atoms with Crippen molar-refractivity contribution < 1.29 is 28.6 Å². The summed E-state index contributed by atoms with van der Waals surface area (Å²) in [6.45, 7) is 6.28. The summed E-state index contributed by atoms with van der Waals surface area (Å²) in [4.78, 5) is 37.8. The molecule has 0 saturated carbocycles. The third-order valence-electron chi connectivity index (χ3n) is 9.52. The molecule has 58 heavy (non-hydrogen) atoms. The van der Waals surface area contributed by atoms with Crippen LogP contribution in [0, 0.1) is 0 Å². The van der Waals surface area contributed by atoms with Crippen molar-refractivity contribution >= 4 is 17.9 Å². The zero-order valence-corrected chi connectivity index (χ0v) is 37.3. The van der Waals surface area contributed by atoms with Gasteiger partial charge in [-0.25, -0.2) is 0 Å². The highest BCUT2D eigenvalue weighted by Gasteiger charge is 2.19. The fraction of sp³-hybridized carbons (Fsp3) is 0.635. The topological polar surface area (TPSA) is 78.9 Å². The van der Waals surface area contributed by atoms with Crippen LogP contribution in [0.15, 0.2) is 97.2 Å². The molecule has 0 aromatic heterocycles. The standard InChI is InChI=1S/C52H84O6/c1-4-7-10-13-16-19-22-25-26-28-30-33-36-39-42-45-51(54)57-48-49(47-56-50(53)44-41-38-35-32-29-24-21-18-15-12-9-6-3)58-52(55)46-43-40-37-34-31-27-23-20-17-14-11-8-5-2/h7-8,10-11,13-14,16-17,19-20,22-23,25-26,28,30,49H,4-6,9,12,15,18,21,24,27,29,31-48H2,1-3H3/b10-7-,11-8-,16-13-,17-14-,22-19-,23-20-,26-25-,30-28-. The van der Waals surface area contributed by atoms with Gasteiger partial charge in [0, 0.05) is 19.3 Å². The summed E-state index contributed by atoms with van der Waals surface area (Å²) < 4.78 is 16.7. The van der Waals surface area contributed by atoms with Crippen LogP contribution in [0.3, 0.4) is 0 Å². The van der Waals surface area contributed by atoms with Gasteiger partial charge in [0.05, 0.1) is 0 Å². The summed E-state index contributed by atoms with van der Waals surface area (Å²) >= 11 is 0. The van der Waals surface area contributed by atoms with E-state index in [2.05, 4.69) is 63.3 Å². The number of allylic oxidation sites excluding steroid dienone is 16. The average molecular weight is 805 g/mol. The third kappa shape index (κ3) is 43.5. The molecule has 0 fully saturated rings. The SMILES string of the molecule is CC\C=C/C=C\C=C/C=C\C=C/CCCCCC(=O)OCC(COC(=O)CCCCCCCCCCCCCC)OC(=O)CCCCCCC\C=C/C=C\C=C/CC. The molecule has 0 aromatic carbocycles. The van der Waals surface area contributed by atoms with Crippen LogP contribution in [0.5, 0.6) is 0 Å². The number of carbonyl (C=O) groups excluding carboxylic acids is 3. The van der Waals surface area contributed by atoms with E-state index in [1.165, 1.54) is 57.8 Å². The number of rotatable bonds is 40. The van der Waals surface area contributed by atoms with Crippen molar-refractivity contribution in [2.75, 3.05) is 13.2 Å². The van der Waals surface area contributed by atoms with Crippen molar-refractivity contribution in [1.29, 1.82) is 0 Å². The van der Waals surface area contributed by atoms with E-state index >= 15 is 0 Å². The summed E-state index contributed by atoms with van der Waals surface area (Å²) in [5, 5.41) is 0. The molecular weight excluding hydrogens is 721 g/mol. The minimum Gasteiger partial charge on any atom is -0.462 e. The summed E-state index contributed by atoms with van der Waals surface area (Å²) in [6, 6.07) is 0. The molecule has 0 saturated heterocycles. The van der Waals surface area contributed by atoms with Crippen molar-refractivity contribution in [2.45, 2.75) is 200 Å². The minimum absolute atomic E-state index is 0.0999. The Kier molecular flexibility index (Phi) is 43.1. The fourth-order valence-electron chi connectivity index (χ4n) is 6.05. The van der Waals surface area contributed by atoms with E-state index in [0.29, 0.717) is 19.3 Å². The lowest BCUT2D eigenvalue weighted by Crippen LogP contribution is -2.30. The van der Waals surface area contributed by atoms with Crippen LogP contribution in [0.4, 0.5) is 0 Å². The number of carbonyl (C=O) groups is 3. The molecule has 0 aliphatic rings. The molecule has 0 spiro atoms. The number of unbranched alkanes of at least 4 members (excludes halogenated alkanes) is 19. The highest BCUT2D eigenvalue weighted by molar-refractivity contribution is 5.71. The molecule has 6 nitrogen and oxygen atoms in total. The molecule has 0 rings (SSSR count). The van der Waals surface area contributed by atoms with E-state index in [9.17, 15) is 14.4 Å². The molecule has 1 atom stereocenters. The van der Waals surface area contributed by atoms with Gasteiger partial charge in [-0.1, -0.05) is 214 Å². The van der Waals surface area contributed by atoms with Crippen LogP contribution in [-0.2, 0) is 28.6 Å². The Hall–Kier alpha value is -3.67. The lowest BCUT2D eigenvalue weighted by molar-refractivity contribution is -0.167. The second-order valence-corrected chi connectivity index (χ2v) is 15.1. The largest absolute Gasteiger partial charge is 0.462 e.